The molecule has 0 radical (unpaired) electrons. The quantitative estimate of drug-likeness (QED) is 0.136. The van der Waals surface area contributed by atoms with Gasteiger partial charge < -0.3 is 29.6 Å². The third-order valence-corrected chi connectivity index (χ3v) is 7.88. The van der Waals surface area contributed by atoms with Crippen molar-refractivity contribution in [3.63, 3.8) is 0 Å². The number of carbonyl (C=O) groups is 1. The first-order valence-corrected chi connectivity index (χ1v) is 14.1. The number of aryl methyl sites for hydroxylation is 1. The van der Waals surface area contributed by atoms with Crippen LogP contribution < -0.4 is 25.0 Å². The lowest BCUT2D eigenvalue weighted by molar-refractivity contribution is -0.384. The van der Waals surface area contributed by atoms with E-state index in [2.05, 4.69) is 15.6 Å². The average Bonchev–Trinajstić information content (AvgIpc) is 3.51. The van der Waals surface area contributed by atoms with Crippen LogP contribution in [0.15, 0.2) is 66.9 Å². The molecule has 222 valence electrons. The molecule has 2 atom stereocenters. The lowest BCUT2D eigenvalue weighted by atomic mass is 9.96. The number of amides is 1. The molecule has 0 bridgehead atoms. The Morgan fingerprint density at radius 2 is 1.91 bits per heavy atom. The normalized spacial score (nSPS) is 16.1. The van der Waals surface area contributed by atoms with Crippen molar-refractivity contribution < 1.29 is 19.2 Å². The second kappa shape index (κ2) is 12.1. The number of benzene rings is 2. The molecule has 0 saturated carbocycles. The number of carbonyl (C=O) groups excluding carboxylic acids is 1. The van der Waals surface area contributed by atoms with Gasteiger partial charge in [0.1, 0.15) is 17.2 Å². The summed E-state index contributed by atoms with van der Waals surface area (Å²) in [6, 6.07) is 17.4. The molecule has 2 N–H and O–H groups in total. The van der Waals surface area contributed by atoms with Crippen molar-refractivity contribution in [2.45, 2.75) is 39.3 Å². The molecule has 1 fully saturated rings. The molecule has 12 heteroatoms. The first kappa shape index (κ1) is 29.5. The summed E-state index contributed by atoms with van der Waals surface area (Å²) in [6.45, 7) is 5.64. The van der Waals surface area contributed by atoms with Crippen molar-refractivity contribution >= 4 is 40.3 Å². The van der Waals surface area contributed by atoms with Crippen LogP contribution in [0.3, 0.4) is 0 Å². The maximum atomic E-state index is 12.1. The van der Waals surface area contributed by atoms with Gasteiger partial charge in [-0.25, -0.2) is 0 Å². The lowest BCUT2D eigenvalue weighted by Crippen LogP contribution is -2.29. The van der Waals surface area contributed by atoms with Gasteiger partial charge in [-0.05, 0) is 74.1 Å². The minimum Gasteiger partial charge on any atom is -0.496 e. The molecule has 1 aliphatic rings. The predicted octanol–water partition coefficient (Wildman–Crippen LogP) is 5.94. The smallest absolute Gasteiger partial charge is 0.296 e. The minimum atomic E-state index is -0.406. The summed E-state index contributed by atoms with van der Waals surface area (Å²) < 4.78 is 12.8. The van der Waals surface area contributed by atoms with Gasteiger partial charge in [-0.1, -0.05) is 13.0 Å². The van der Waals surface area contributed by atoms with Crippen LogP contribution >= 0.6 is 12.2 Å². The second-order valence-electron chi connectivity index (χ2n) is 10.1. The average molecular weight is 601 g/mol. The predicted molar refractivity (Wildman–Crippen MR) is 168 cm³/mol. The van der Waals surface area contributed by atoms with Crippen molar-refractivity contribution in [2.75, 3.05) is 24.4 Å². The van der Waals surface area contributed by atoms with E-state index in [1.54, 1.807) is 38.4 Å². The summed E-state index contributed by atoms with van der Waals surface area (Å²) in [5.74, 6) is 0.761. The fourth-order valence-electron chi connectivity index (χ4n) is 5.54. The molecule has 0 unspecified atom stereocenters. The van der Waals surface area contributed by atoms with Crippen LogP contribution in [0.5, 0.6) is 11.5 Å². The number of rotatable bonds is 9. The molecular formula is C31H32N6O5S. The van der Waals surface area contributed by atoms with Crippen molar-refractivity contribution in [3.05, 3.63) is 99.6 Å². The van der Waals surface area contributed by atoms with Gasteiger partial charge in [0.25, 0.3) is 5.69 Å². The third kappa shape index (κ3) is 5.48. The molecular weight excluding hydrogens is 568 g/mol. The maximum absolute atomic E-state index is 12.1. The fourth-order valence-corrected chi connectivity index (χ4v) is 5.89. The number of aromatic nitrogens is 2. The van der Waals surface area contributed by atoms with Crippen LogP contribution in [0, 0.1) is 24.0 Å². The summed E-state index contributed by atoms with van der Waals surface area (Å²) in [7, 11) is 3.02. The molecule has 11 nitrogen and oxygen atoms in total. The number of thiocarbonyl (C=S) groups is 1. The van der Waals surface area contributed by atoms with Crippen molar-refractivity contribution in [1.29, 1.82) is 0 Å². The van der Waals surface area contributed by atoms with Crippen molar-refractivity contribution in [1.82, 2.24) is 14.9 Å². The number of nitrogens with zero attached hydrogens (tertiary/aromatic N) is 4. The molecule has 2 aromatic heterocycles. The second-order valence-corrected chi connectivity index (χ2v) is 10.4. The minimum absolute atomic E-state index is 0.0691. The molecule has 0 spiro atoms. The van der Waals surface area contributed by atoms with E-state index in [9.17, 15) is 14.9 Å². The van der Waals surface area contributed by atoms with E-state index in [1.807, 2.05) is 59.7 Å². The van der Waals surface area contributed by atoms with Gasteiger partial charge in [0.15, 0.2) is 5.11 Å². The number of methoxy groups -OCH3 is 2. The van der Waals surface area contributed by atoms with Crippen LogP contribution in [0.1, 0.15) is 48.1 Å². The van der Waals surface area contributed by atoms with E-state index in [-0.39, 0.29) is 23.7 Å². The van der Waals surface area contributed by atoms with E-state index in [0.29, 0.717) is 34.4 Å². The molecule has 3 heterocycles. The van der Waals surface area contributed by atoms with Crippen molar-refractivity contribution in [2.24, 2.45) is 0 Å². The molecule has 1 saturated heterocycles. The van der Waals surface area contributed by atoms with Crippen LogP contribution in [0.4, 0.5) is 17.1 Å². The highest BCUT2D eigenvalue weighted by Gasteiger charge is 2.42. The standard InChI is InChI=1S/C31H32N6O5S/c1-6-28(38)33-23-12-10-20(16-27(23)42-5)36-30(29(34-31(36)43)24-9-7-8-14-32-24)22-15-18(2)35(19(22)3)25-13-11-21(41-4)17-26(25)37(39)40/h7-17,29-30H,6H2,1-5H3,(H,33,38)(H,34,43)/t29-,30+/m0/s1. The number of ether oxygens (including phenoxy) is 2. The van der Waals surface area contributed by atoms with E-state index in [1.165, 1.54) is 13.2 Å². The van der Waals surface area contributed by atoms with Crippen LogP contribution in [-0.2, 0) is 4.79 Å². The van der Waals surface area contributed by atoms with Gasteiger partial charge in [0.2, 0.25) is 5.91 Å². The van der Waals surface area contributed by atoms with Crippen molar-refractivity contribution in [3.8, 4) is 17.2 Å². The number of anilines is 2. The Morgan fingerprint density at radius 3 is 2.56 bits per heavy atom. The number of nitrogens with one attached hydrogen (secondary N) is 2. The zero-order valence-corrected chi connectivity index (χ0v) is 25.3. The molecule has 43 heavy (non-hydrogen) atoms. The topological polar surface area (TPSA) is 124 Å². The molecule has 4 aromatic rings. The zero-order chi connectivity index (χ0) is 30.8. The Balaban J connectivity index is 1.68. The van der Waals surface area contributed by atoms with Gasteiger partial charge in [-0.15, -0.1) is 0 Å². The number of nitro benzene ring substituents is 1. The maximum Gasteiger partial charge on any atom is 0.296 e. The van der Waals surface area contributed by atoms with Gasteiger partial charge >= 0.3 is 0 Å². The lowest BCUT2D eigenvalue weighted by Gasteiger charge is -2.29. The van der Waals surface area contributed by atoms with Crippen LogP contribution in [0.2, 0.25) is 0 Å². The molecule has 0 aliphatic carbocycles. The SMILES string of the molecule is CCC(=O)Nc1ccc(N2C(=S)N[C@@H](c3ccccn3)[C@H]2c2cc(C)n(-c3ccc(OC)cc3[N+](=O)[O-])c2C)cc1OC. The first-order valence-electron chi connectivity index (χ1n) is 13.7. The number of nitro groups is 1. The monoisotopic (exact) mass is 600 g/mol. The third-order valence-electron chi connectivity index (χ3n) is 7.57. The number of pyridine rings is 1. The van der Waals surface area contributed by atoms with E-state index in [0.717, 1.165) is 28.3 Å². The molecule has 1 amide bonds. The molecule has 5 rings (SSSR count). The van der Waals surface area contributed by atoms with Gasteiger partial charge in [0.05, 0.1) is 48.7 Å². The Bertz CT molecular complexity index is 1710. The Hall–Kier alpha value is -4.97. The van der Waals surface area contributed by atoms with E-state index >= 15 is 0 Å². The Morgan fingerprint density at radius 1 is 1.12 bits per heavy atom. The summed E-state index contributed by atoms with van der Waals surface area (Å²) in [6.07, 6.45) is 2.07. The summed E-state index contributed by atoms with van der Waals surface area (Å²) >= 11 is 5.90. The number of hydrogen-bond acceptors (Lipinski definition) is 7. The van der Waals surface area contributed by atoms with Crippen LogP contribution in [-0.4, -0.2) is 39.7 Å². The zero-order valence-electron chi connectivity index (χ0n) is 24.5. The highest BCUT2D eigenvalue weighted by atomic mass is 32.1. The Labute approximate surface area is 254 Å². The highest BCUT2D eigenvalue weighted by Crippen LogP contribution is 2.45. The summed E-state index contributed by atoms with van der Waals surface area (Å²) in [5, 5.41) is 18.9. The van der Waals surface area contributed by atoms with E-state index < -0.39 is 4.92 Å². The van der Waals surface area contributed by atoms with Gasteiger partial charge in [-0.3, -0.25) is 19.9 Å². The number of hydrogen-bond donors (Lipinski definition) is 2. The summed E-state index contributed by atoms with van der Waals surface area (Å²) in [4.78, 5) is 30.4. The fraction of sp³-hybridized carbons (Fsp3) is 0.258. The molecule has 2 aromatic carbocycles. The van der Waals surface area contributed by atoms with Gasteiger partial charge in [0, 0.05) is 35.8 Å². The summed E-state index contributed by atoms with van der Waals surface area (Å²) in [5.41, 5.74) is 4.98. The van der Waals surface area contributed by atoms with Gasteiger partial charge in [-0.2, -0.15) is 0 Å². The Kier molecular flexibility index (Phi) is 8.31. The van der Waals surface area contributed by atoms with Crippen LogP contribution in [0.25, 0.3) is 5.69 Å². The highest BCUT2D eigenvalue weighted by molar-refractivity contribution is 7.80. The van der Waals surface area contributed by atoms with E-state index in [4.69, 9.17) is 21.7 Å². The molecule has 1 aliphatic heterocycles. The first-order chi connectivity index (χ1) is 20.7. The largest absolute Gasteiger partial charge is 0.496 e.